The number of esters is 1. The third-order valence-corrected chi connectivity index (χ3v) is 16.0. The number of likely N-dealkylation sites (tertiary alicyclic amines) is 1. The van der Waals surface area contributed by atoms with Gasteiger partial charge >= 0.3 is 12.1 Å². The summed E-state index contributed by atoms with van der Waals surface area (Å²) in [7, 11) is 2.84. The highest BCUT2D eigenvalue weighted by molar-refractivity contribution is 8.00. The summed E-state index contributed by atoms with van der Waals surface area (Å²) in [5.74, 6) is -6.54. The molecule has 4 bridgehead atoms. The quantitative estimate of drug-likeness (QED) is 0.0574. The van der Waals surface area contributed by atoms with E-state index in [1.807, 2.05) is 6.92 Å². The maximum Gasteiger partial charge on any atom is 0.409 e. The third-order valence-electron chi connectivity index (χ3n) is 14.6. The number of imide groups is 1. The predicted octanol–water partition coefficient (Wildman–Crippen LogP) is 2.67. The summed E-state index contributed by atoms with van der Waals surface area (Å²) in [6.07, 6.45) is 2.46. The Labute approximate surface area is 428 Å². The van der Waals surface area contributed by atoms with E-state index in [2.05, 4.69) is 5.32 Å². The number of anilines is 1. The predicted molar refractivity (Wildman–Crippen MR) is 261 cm³/mol. The number of thioether (sulfide) groups is 1. The molecule has 72 heavy (non-hydrogen) atoms. The number of hydrogen-bond donors (Lipinski definition) is 4. The molecule has 0 aromatic heterocycles. The van der Waals surface area contributed by atoms with Crippen molar-refractivity contribution in [2.45, 2.75) is 120 Å². The number of epoxide rings is 1. The van der Waals surface area contributed by atoms with Gasteiger partial charge in [-0.25, -0.2) is 9.59 Å². The normalized spacial score (nSPS) is 31.6. The summed E-state index contributed by atoms with van der Waals surface area (Å²) in [5.41, 5.74) is -1.14. The van der Waals surface area contributed by atoms with Gasteiger partial charge in [0, 0.05) is 58.2 Å². The Kier molecular flexibility index (Phi) is 18.9. The number of Topliss-reactive ketones (excluding diaryl/α,β-unsaturated/α-hetero) is 2. The number of nitrogens with one attached hydrogen (secondary N) is 1. The Morgan fingerprint density at radius 3 is 2.42 bits per heavy atom. The molecule has 4 fully saturated rings. The molecule has 5 amide bonds. The molecule has 4 N–H and O–H groups in total. The van der Waals surface area contributed by atoms with Gasteiger partial charge in [-0.1, -0.05) is 48.4 Å². The smallest absolute Gasteiger partial charge is 0.409 e. The number of halogens is 1. The van der Waals surface area contributed by atoms with Crippen LogP contribution in [0.1, 0.15) is 77.3 Å². The van der Waals surface area contributed by atoms with Crippen LogP contribution in [0.3, 0.4) is 0 Å². The lowest BCUT2D eigenvalue weighted by atomic mass is 9.81. The molecule has 3 unspecified atom stereocenters. The molecule has 3 saturated heterocycles. The first-order valence-corrected chi connectivity index (χ1v) is 25.8. The topological polar surface area (TPSA) is 268 Å². The van der Waals surface area contributed by atoms with Crippen LogP contribution in [-0.2, 0) is 70.3 Å². The number of aliphatic hydroxyl groups is 3. The van der Waals surface area contributed by atoms with Gasteiger partial charge in [0.2, 0.25) is 23.6 Å². The van der Waals surface area contributed by atoms with Crippen LogP contribution in [0, 0.1) is 23.7 Å². The maximum absolute atomic E-state index is 14.3. The highest BCUT2D eigenvalue weighted by atomic mass is 35.5. The Balaban J connectivity index is 1.10. The number of hydrogen-bond acceptors (Lipinski definition) is 17. The molecule has 11 atom stereocenters. The van der Waals surface area contributed by atoms with Gasteiger partial charge in [0.25, 0.3) is 0 Å². The lowest BCUT2D eigenvalue weighted by Gasteiger charge is -2.42. The number of benzene rings is 1. The number of fused-ring (bicyclic) bond motifs is 5. The SMILES string of the molecule is CSC1CC(=O)C(CCOCCOCCN2C(=O)CC(CC(=O)N(C)[C@@H](C)C(=O)O[C@H]3CC(=O)N(C)c4cc(cc(CO)c4Cl)C/C(C)=C/C=C/[C@@H](CO)[C@@]4(O)C[C@H](OC(=O)N4)[C@@H](C)[C@@H]4O[C@@]34C)C2=O)C1=O. The van der Waals surface area contributed by atoms with E-state index in [4.69, 9.17) is 35.3 Å². The monoisotopic (exact) mass is 1050 g/mol. The summed E-state index contributed by atoms with van der Waals surface area (Å²) in [4.78, 5) is 109. The Morgan fingerprint density at radius 2 is 1.75 bits per heavy atom. The van der Waals surface area contributed by atoms with Crippen LogP contribution in [0.2, 0.25) is 5.02 Å². The van der Waals surface area contributed by atoms with Crippen LogP contribution >= 0.6 is 23.4 Å². The number of carbonyl (C=O) groups excluding carboxylic acids is 8. The molecule has 22 heteroatoms. The Bertz CT molecular complexity index is 2330. The van der Waals surface area contributed by atoms with Crippen molar-refractivity contribution in [2.75, 3.05) is 64.8 Å². The molecule has 6 rings (SSSR count). The van der Waals surface area contributed by atoms with Crippen molar-refractivity contribution < 1.29 is 77.4 Å². The van der Waals surface area contributed by atoms with Crippen LogP contribution in [-0.4, -0.2) is 173 Å². The van der Waals surface area contributed by atoms with Gasteiger partial charge in [-0.2, -0.15) is 11.8 Å². The lowest BCUT2D eigenvalue weighted by Crippen LogP contribution is -2.62. The number of alkyl carbamates (subject to hydrolysis) is 1. The van der Waals surface area contributed by atoms with E-state index in [9.17, 15) is 53.7 Å². The molecule has 1 saturated carbocycles. The molecule has 4 heterocycles. The maximum atomic E-state index is 14.3. The van der Waals surface area contributed by atoms with E-state index in [0.29, 0.717) is 24.0 Å². The summed E-state index contributed by atoms with van der Waals surface area (Å²) in [5, 5.41) is 34.7. The number of amides is 5. The summed E-state index contributed by atoms with van der Waals surface area (Å²) >= 11 is 8.13. The van der Waals surface area contributed by atoms with Crippen LogP contribution in [0.4, 0.5) is 10.5 Å². The second-order valence-corrected chi connectivity index (χ2v) is 20.9. The minimum absolute atomic E-state index is 0.00836. The molecule has 1 aromatic carbocycles. The Hall–Kier alpha value is -4.74. The van der Waals surface area contributed by atoms with E-state index in [1.165, 1.54) is 37.7 Å². The van der Waals surface area contributed by atoms with Crippen LogP contribution < -0.4 is 10.2 Å². The number of allylic oxidation sites excluding steroid dienone is 3. The summed E-state index contributed by atoms with van der Waals surface area (Å²) in [6.45, 7) is 6.12. The van der Waals surface area contributed by atoms with Crippen LogP contribution in [0.15, 0.2) is 35.9 Å². The van der Waals surface area contributed by atoms with Gasteiger partial charge in [-0.3, -0.25) is 39.0 Å². The largest absolute Gasteiger partial charge is 0.457 e. The van der Waals surface area contributed by atoms with Gasteiger partial charge in [-0.05, 0) is 57.1 Å². The molecule has 0 radical (unpaired) electrons. The molecule has 4 aliphatic heterocycles. The minimum atomic E-state index is -1.93. The van der Waals surface area contributed by atoms with Crippen molar-refractivity contribution in [1.29, 1.82) is 0 Å². The second-order valence-electron chi connectivity index (χ2n) is 19.5. The van der Waals surface area contributed by atoms with Gasteiger partial charge in [0.15, 0.2) is 11.5 Å². The van der Waals surface area contributed by atoms with Crippen molar-refractivity contribution in [3.05, 3.63) is 52.1 Å². The molecule has 1 aliphatic carbocycles. The van der Waals surface area contributed by atoms with Crippen LogP contribution in [0.25, 0.3) is 0 Å². The Morgan fingerprint density at radius 1 is 1.04 bits per heavy atom. The average molecular weight is 1050 g/mol. The minimum Gasteiger partial charge on any atom is -0.457 e. The van der Waals surface area contributed by atoms with Crippen LogP contribution in [0.5, 0.6) is 0 Å². The number of carbonyl (C=O) groups is 8. The number of likely N-dealkylation sites (N-methyl/N-ethyl adjacent to an activating group) is 1. The molecular formula is C50H67ClN4O16S. The lowest BCUT2D eigenvalue weighted by molar-refractivity contribution is -0.162. The van der Waals surface area contributed by atoms with E-state index < -0.39 is 115 Å². The molecule has 20 nitrogen and oxygen atoms in total. The van der Waals surface area contributed by atoms with Gasteiger partial charge < -0.3 is 48.8 Å². The number of nitrogens with zero attached hydrogens (tertiary/aromatic N) is 3. The third kappa shape index (κ3) is 12.8. The van der Waals surface area contributed by atoms with Gasteiger partial charge in [0.05, 0.1) is 79.9 Å². The van der Waals surface area contributed by atoms with Crippen molar-refractivity contribution in [3.8, 4) is 0 Å². The average Bonchev–Trinajstić information content (AvgIpc) is 3.86. The highest BCUT2D eigenvalue weighted by Crippen LogP contribution is 2.49. The molecule has 1 aromatic rings. The highest BCUT2D eigenvalue weighted by Gasteiger charge is 2.64. The van der Waals surface area contributed by atoms with Crippen molar-refractivity contribution in [2.24, 2.45) is 23.7 Å². The fraction of sp³-hybridized carbons (Fsp3) is 0.640. The molecule has 396 valence electrons. The first kappa shape index (κ1) is 56.6. The van der Waals surface area contributed by atoms with E-state index in [1.54, 1.807) is 50.5 Å². The van der Waals surface area contributed by atoms with Crippen molar-refractivity contribution in [3.63, 3.8) is 0 Å². The van der Waals surface area contributed by atoms with E-state index in [-0.39, 0.29) is 86.2 Å². The van der Waals surface area contributed by atoms with Crippen molar-refractivity contribution in [1.82, 2.24) is 15.1 Å². The zero-order valence-electron chi connectivity index (χ0n) is 41.8. The summed E-state index contributed by atoms with van der Waals surface area (Å²) < 4.78 is 29.1. The van der Waals surface area contributed by atoms with E-state index >= 15 is 0 Å². The molecule has 5 aliphatic rings. The first-order valence-electron chi connectivity index (χ1n) is 24.1. The number of ketones is 2. The number of aliphatic hydroxyl groups excluding tert-OH is 2. The zero-order chi connectivity index (χ0) is 52.8. The van der Waals surface area contributed by atoms with E-state index in [0.717, 1.165) is 15.4 Å². The fourth-order valence-corrected chi connectivity index (χ4v) is 10.8. The second kappa shape index (κ2) is 24.1. The fourth-order valence-electron chi connectivity index (χ4n) is 9.80. The standard InChI is InChI=1S/C50H67ClN4O16S/c1-27-9-8-10-33(26-57)50(66)24-37(69-48(65)52-50)28(2)45-49(4,71-45)39(23-41(60)54(6)35-19-30(17-27)18-32(25-56)43(35)51)70-47(64)29(3)53(5)40(59)20-31-21-42(61)55(46(31)63)12-14-68-16-15-67-13-11-34-36(58)22-38(72-7)44(34)62/h8-10,18-19,28-29,31,33-34,37-39,45,56-57,66H,11-17,20-26H2,1-7H3,(H,52,65)/b10-8+,27-9+/t28-,29+,31?,33+,34?,37+,38?,39+,45+,49+,50+/m1/s1. The van der Waals surface area contributed by atoms with Gasteiger partial charge in [0.1, 0.15) is 29.6 Å². The zero-order valence-corrected chi connectivity index (χ0v) is 43.3. The summed E-state index contributed by atoms with van der Waals surface area (Å²) in [6, 6.07) is 2.16. The van der Waals surface area contributed by atoms with Crippen molar-refractivity contribution >= 4 is 76.3 Å². The number of ether oxygens (including phenoxy) is 5. The molecule has 0 spiro atoms. The molecular weight excluding hydrogens is 980 g/mol. The van der Waals surface area contributed by atoms with Gasteiger partial charge in [-0.15, -0.1) is 0 Å². The first-order chi connectivity index (χ1) is 34.1. The number of rotatable bonds is 17.